The van der Waals surface area contributed by atoms with Gasteiger partial charge in [-0.15, -0.1) is 23.1 Å². The van der Waals surface area contributed by atoms with Crippen LogP contribution in [0.2, 0.25) is 0 Å². The van der Waals surface area contributed by atoms with Crippen molar-refractivity contribution in [2.24, 2.45) is 0 Å². The average molecular weight is 353 g/mol. The number of thiazole rings is 1. The van der Waals surface area contributed by atoms with E-state index < -0.39 is 5.25 Å². The van der Waals surface area contributed by atoms with Crippen molar-refractivity contribution in [3.63, 3.8) is 0 Å². The minimum Gasteiger partial charge on any atom is -0.325 e. The van der Waals surface area contributed by atoms with Crippen molar-refractivity contribution in [2.75, 3.05) is 16.4 Å². The number of anilines is 2. The van der Waals surface area contributed by atoms with Crippen LogP contribution >= 0.6 is 23.1 Å². The summed E-state index contributed by atoms with van der Waals surface area (Å²) in [6, 6.07) is 5.52. The maximum absolute atomic E-state index is 12.8. The van der Waals surface area contributed by atoms with Crippen LogP contribution < -0.4 is 10.6 Å². The van der Waals surface area contributed by atoms with Crippen molar-refractivity contribution >= 4 is 45.7 Å². The lowest BCUT2D eigenvalue weighted by molar-refractivity contribution is -0.115. The van der Waals surface area contributed by atoms with Crippen molar-refractivity contribution < 1.29 is 14.0 Å². The zero-order chi connectivity index (χ0) is 16.8. The van der Waals surface area contributed by atoms with Crippen LogP contribution in [-0.2, 0) is 9.59 Å². The Hall–Kier alpha value is -1.93. The second-order valence-corrected chi connectivity index (χ2v) is 6.98. The van der Waals surface area contributed by atoms with Crippen LogP contribution in [0.5, 0.6) is 0 Å². The second-order valence-electron chi connectivity index (χ2n) is 4.79. The molecule has 1 unspecified atom stereocenters. The number of benzene rings is 1. The van der Waals surface area contributed by atoms with Crippen LogP contribution in [0.15, 0.2) is 29.6 Å². The largest absolute Gasteiger partial charge is 0.325 e. The van der Waals surface area contributed by atoms with Gasteiger partial charge in [0.25, 0.3) is 0 Å². The molecule has 0 aliphatic carbocycles. The topological polar surface area (TPSA) is 71.1 Å². The lowest BCUT2D eigenvalue weighted by Crippen LogP contribution is -2.25. The molecule has 122 valence electrons. The Morgan fingerprint density at radius 3 is 2.61 bits per heavy atom. The van der Waals surface area contributed by atoms with Crippen molar-refractivity contribution in [2.45, 2.75) is 19.1 Å². The highest BCUT2D eigenvalue weighted by Crippen LogP contribution is 2.18. The third-order valence-corrected chi connectivity index (χ3v) is 4.83. The maximum atomic E-state index is 12.8. The Labute approximate surface area is 141 Å². The van der Waals surface area contributed by atoms with Gasteiger partial charge < -0.3 is 10.6 Å². The lowest BCUT2D eigenvalue weighted by atomic mass is 10.3. The number of halogens is 1. The van der Waals surface area contributed by atoms with Crippen LogP contribution in [0.3, 0.4) is 0 Å². The van der Waals surface area contributed by atoms with Gasteiger partial charge >= 0.3 is 0 Å². The summed E-state index contributed by atoms with van der Waals surface area (Å²) in [6.45, 7) is 3.58. The van der Waals surface area contributed by atoms with E-state index in [1.165, 1.54) is 47.4 Å². The van der Waals surface area contributed by atoms with Gasteiger partial charge in [0.15, 0.2) is 5.13 Å². The molecule has 0 saturated heterocycles. The van der Waals surface area contributed by atoms with Crippen LogP contribution in [0.1, 0.15) is 12.6 Å². The first-order valence-electron chi connectivity index (χ1n) is 6.84. The number of rotatable bonds is 6. The van der Waals surface area contributed by atoms with Crippen LogP contribution in [-0.4, -0.2) is 27.8 Å². The summed E-state index contributed by atoms with van der Waals surface area (Å²) in [5.41, 5.74) is 1.37. The molecule has 2 rings (SSSR count). The number of hydrogen-bond acceptors (Lipinski definition) is 5. The summed E-state index contributed by atoms with van der Waals surface area (Å²) in [6.07, 6.45) is 0. The first kappa shape index (κ1) is 17.4. The summed E-state index contributed by atoms with van der Waals surface area (Å²) >= 11 is 2.58. The average Bonchev–Trinajstić information content (AvgIpc) is 2.92. The van der Waals surface area contributed by atoms with E-state index >= 15 is 0 Å². The fraction of sp³-hybridized carbons (Fsp3) is 0.267. The summed E-state index contributed by atoms with van der Waals surface area (Å²) in [5, 5.41) is 7.38. The van der Waals surface area contributed by atoms with Gasteiger partial charge in [0.2, 0.25) is 11.8 Å². The molecule has 0 aliphatic heterocycles. The number of nitrogens with one attached hydrogen (secondary N) is 2. The SMILES string of the molecule is Cc1csc(NC(=O)C(C)SCC(=O)Nc2ccc(F)cc2)n1. The highest BCUT2D eigenvalue weighted by molar-refractivity contribution is 8.01. The minimum absolute atomic E-state index is 0.128. The van der Waals surface area contributed by atoms with Gasteiger partial charge in [0, 0.05) is 11.1 Å². The van der Waals surface area contributed by atoms with Crippen molar-refractivity contribution in [3.8, 4) is 0 Å². The first-order chi connectivity index (χ1) is 10.9. The Morgan fingerprint density at radius 1 is 1.30 bits per heavy atom. The zero-order valence-electron chi connectivity index (χ0n) is 12.6. The minimum atomic E-state index is -0.391. The highest BCUT2D eigenvalue weighted by atomic mass is 32.2. The molecule has 1 atom stereocenters. The molecule has 2 N–H and O–H groups in total. The van der Waals surface area contributed by atoms with Gasteiger partial charge in [-0.05, 0) is 38.1 Å². The molecule has 5 nitrogen and oxygen atoms in total. The van der Waals surface area contributed by atoms with E-state index in [0.717, 1.165) is 5.69 Å². The number of carbonyl (C=O) groups excluding carboxylic acids is 2. The van der Waals surface area contributed by atoms with Crippen molar-refractivity contribution in [1.29, 1.82) is 0 Å². The van der Waals surface area contributed by atoms with Crippen molar-refractivity contribution in [3.05, 3.63) is 41.2 Å². The van der Waals surface area contributed by atoms with E-state index in [2.05, 4.69) is 15.6 Å². The van der Waals surface area contributed by atoms with E-state index in [1.54, 1.807) is 6.92 Å². The molecule has 0 radical (unpaired) electrons. The molecule has 1 aromatic carbocycles. The summed E-state index contributed by atoms with van der Waals surface area (Å²) in [4.78, 5) is 28.0. The van der Waals surface area contributed by atoms with E-state index in [-0.39, 0.29) is 23.4 Å². The van der Waals surface area contributed by atoms with Gasteiger partial charge in [-0.3, -0.25) is 9.59 Å². The molecule has 0 spiro atoms. The number of amides is 2. The molecule has 1 heterocycles. The van der Waals surface area contributed by atoms with E-state index in [1.807, 2.05) is 12.3 Å². The lowest BCUT2D eigenvalue weighted by Gasteiger charge is -2.10. The summed E-state index contributed by atoms with van der Waals surface area (Å²) in [5.74, 6) is -0.673. The number of aromatic nitrogens is 1. The molecule has 2 amide bonds. The molecule has 2 aromatic rings. The standard InChI is InChI=1S/C15H16FN3O2S2/c1-9-7-23-15(17-9)19-14(21)10(2)22-8-13(20)18-12-5-3-11(16)4-6-12/h3-7,10H,8H2,1-2H3,(H,18,20)(H,17,19,21). The van der Waals surface area contributed by atoms with Gasteiger partial charge in [-0.2, -0.15) is 0 Å². The highest BCUT2D eigenvalue weighted by Gasteiger charge is 2.16. The predicted octanol–water partition coefficient (Wildman–Crippen LogP) is 3.29. The number of aryl methyl sites for hydroxylation is 1. The van der Waals surface area contributed by atoms with E-state index in [4.69, 9.17) is 0 Å². The molecule has 0 bridgehead atoms. The Bertz CT molecular complexity index is 688. The van der Waals surface area contributed by atoms with Gasteiger partial charge in [-0.1, -0.05) is 0 Å². The van der Waals surface area contributed by atoms with Gasteiger partial charge in [-0.25, -0.2) is 9.37 Å². The van der Waals surface area contributed by atoms with E-state index in [0.29, 0.717) is 10.8 Å². The number of thioether (sulfide) groups is 1. The fourth-order valence-corrected chi connectivity index (χ4v) is 3.00. The number of carbonyl (C=O) groups is 2. The number of nitrogens with zero attached hydrogens (tertiary/aromatic N) is 1. The van der Waals surface area contributed by atoms with E-state index in [9.17, 15) is 14.0 Å². The van der Waals surface area contributed by atoms with Crippen LogP contribution in [0.25, 0.3) is 0 Å². The molecule has 0 fully saturated rings. The molecule has 8 heteroatoms. The molecule has 1 aromatic heterocycles. The molecular weight excluding hydrogens is 337 g/mol. The number of hydrogen-bond donors (Lipinski definition) is 2. The fourth-order valence-electron chi connectivity index (χ4n) is 1.63. The third-order valence-electron chi connectivity index (χ3n) is 2.81. The third kappa shape index (κ3) is 5.65. The Balaban J connectivity index is 1.76. The normalized spacial score (nSPS) is 11.8. The smallest absolute Gasteiger partial charge is 0.239 e. The molecule has 0 saturated carbocycles. The molecule has 0 aliphatic rings. The van der Waals surface area contributed by atoms with Crippen molar-refractivity contribution in [1.82, 2.24) is 4.98 Å². The summed E-state index contributed by atoms with van der Waals surface area (Å²) in [7, 11) is 0. The Kier molecular flexibility index (Phi) is 6.12. The molecule has 23 heavy (non-hydrogen) atoms. The Morgan fingerprint density at radius 2 is 2.00 bits per heavy atom. The maximum Gasteiger partial charge on any atom is 0.239 e. The second kappa shape index (κ2) is 8.07. The van der Waals surface area contributed by atoms with Gasteiger partial charge in [0.1, 0.15) is 5.82 Å². The zero-order valence-corrected chi connectivity index (χ0v) is 14.3. The summed E-state index contributed by atoms with van der Waals surface area (Å²) < 4.78 is 12.8. The van der Waals surface area contributed by atoms with Gasteiger partial charge in [0.05, 0.1) is 16.7 Å². The monoisotopic (exact) mass is 353 g/mol. The van der Waals surface area contributed by atoms with Crippen LogP contribution in [0.4, 0.5) is 15.2 Å². The van der Waals surface area contributed by atoms with Crippen LogP contribution in [0, 0.1) is 12.7 Å². The predicted molar refractivity (Wildman–Crippen MR) is 92.4 cm³/mol. The first-order valence-corrected chi connectivity index (χ1v) is 8.77. The quantitative estimate of drug-likeness (QED) is 0.836. The molecular formula is C15H16FN3O2S2.